The molecule has 84 valence electrons. The zero-order chi connectivity index (χ0) is 9.65. The van der Waals surface area contributed by atoms with Gasteiger partial charge in [0, 0.05) is 0 Å². The third-order valence-electron chi connectivity index (χ3n) is 0.183. The Labute approximate surface area is 87.7 Å². The van der Waals surface area contributed by atoms with Crippen LogP contribution in [0.1, 0.15) is 0 Å². The van der Waals surface area contributed by atoms with Gasteiger partial charge in [0.25, 0.3) is 0 Å². The standard InChI is InChI=1S/C2H2O4.2FH.Li.H3O4P.H/c3-1(4)2(5)6;;;;1-5(2,3)4;/h(H,3,4)(H,5,6);2*1H;;(H3,1,2,3,4);. The van der Waals surface area contributed by atoms with Crippen LogP contribution in [0.2, 0.25) is 0 Å². The number of hydrogen-bond donors (Lipinski definition) is 5. The SMILES string of the molecule is F.F.O=C(O)C(=O)O.O=P(O)(O)O.[LiH]. The molecule has 0 aromatic rings. The van der Waals surface area contributed by atoms with Gasteiger partial charge in [0.05, 0.1) is 0 Å². The van der Waals surface area contributed by atoms with Crippen molar-refractivity contribution >= 4 is 38.6 Å². The summed E-state index contributed by atoms with van der Waals surface area (Å²) in [6, 6.07) is 0. The average molecular weight is 236 g/mol. The number of halogens is 2. The minimum atomic E-state index is -4.64. The molecule has 8 nitrogen and oxygen atoms in total. The first-order valence-electron chi connectivity index (χ1n) is 1.89. The summed E-state index contributed by atoms with van der Waals surface area (Å²) in [5.74, 6) is -3.65. The number of phosphoric acid groups is 1. The molecule has 0 saturated carbocycles. The van der Waals surface area contributed by atoms with E-state index in [1.807, 2.05) is 0 Å². The summed E-state index contributed by atoms with van der Waals surface area (Å²) in [4.78, 5) is 39.8. The van der Waals surface area contributed by atoms with Crippen molar-refractivity contribution in [2.45, 2.75) is 0 Å². The second kappa shape index (κ2) is 12.5. The molecule has 0 aromatic heterocycles. The van der Waals surface area contributed by atoms with Crippen LogP contribution in [0.25, 0.3) is 0 Å². The van der Waals surface area contributed by atoms with Gasteiger partial charge in [-0.05, 0) is 0 Å². The molecular weight excluding hydrogens is 228 g/mol. The van der Waals surface area contributed by atoms with E-state index in [2.05, 4.69) is 0 Å². The van der Waals surface area contributed by atoms with Crippen LogP contribution in [0, 0.1) is 0 Å². The molecule has 0 unspecified atom stereocenters. The number of carbonyl (C=O) groups is 2. The molecule has 0 radical (unpaired) electrons. The summed E-state index contributed by atoms with van der Waals surface area (Å²) in [6.45, 7) is 0. The monoisotopic (exact) mass is 236 g/mol. The van der Waals surface area contributed by atoms with Crippen LogP contribution in [-0.4, -0.2) is 55.7 Å². The van der Waals surface area contributed by atoms with Crippen LogP contribution >= 0.6 is 7.82 Å². The summed E-state index contributed by atoms with van der Waals surface area (Å²) in [7, 11) is -4.64. The molecule has 0 aliphatic rings. The molecule has 0 rings (SSSR count). The molecule has 0 fully saturated rings. The fraction of sp³-hybridized carbons (Fsp3) is 0. The molecule has 14 heavy (non-hydrogen) atoms. The third-order valence-corrected chi connectivity index (χ3v) is 0.183. The van der Waals surface area contributed by atoms with Crippen molar-refractivity contribution in [3.05, 3.63) is 0 Å². The summed E-state index contributed by atoms with van der Waals surface area (Å²) in [5, 5.41) is 14.8. The second-order valence-electron chi connectivity index (χ2n) is 1.12. The number of aliphatic carboxylic acids is 2. The van der Waals surface area contributed by atoms with E-state index in [9.17, 15) is 0 Å². The molecule has 0 aliphatic carbocycles. The average Bonchev–Trinajstić information content (AvgIpc) is 1.59. The van der Waals surface area contributed by atoms with Crippen molar-refractivity contribution in [2.75, 3.05) is 0 Å². The zero-order valence-corrected chi connectivity index (χ0v) is 6.62. The number of rotatable bonds is 0. The van der Waals surface area contributed by atoms with Crippen LogP contribution in [0.4, 0.5) is 9.41 Å². The number of carboxylic acids is 2. The van der Waals surface area contributed by atoms with Gasteiger partial charge in [-0.3, -0.25) is 9.41 Å². The third kappa shape index (κ3) is 103. The molecule has 5 N–H and O–H groups in total. The van der Waals surface area contributed by atoms with Crippen LogP contribution in [0.3, 0.4) is 0 Å². The van der Waals surface area contributed by atoms with Crippen molar-refractivity contribution < 1.29 is 48.5 Å². The zero-order valence-electron chi connectivity index (χ0n) is 5.72. The van der Waals surface area contributed by atoms with E-state index in [4.69, 9.17) is 39.0 Å². The Balaban J connectivity index is -0.0000000321. The van der Waals surface area contributed by atoms with Gasteiger partial charge in [-0.2, -0.15) is 0 Å². The Bertz CT molecular complexity index is 181. The van der Waals surface area contributed by atoms with Gasteiger partial charge >= 0.3 is 38.6 Å². The maximum atomic E-state index is 9.10. The summed E-state index contributed by atoms with van der Waals surface area (Å²) >= 11 is 0. The molecule has 0 aliphatic heterocycles. The van der Waals surface area contributed by atoms with Crippen molar-refractivity contribution in [3.63, 3.8) is 0 Å². The van der Waals surface area contributed by atoms with E-state index in [-0.39, 0.29) is 28.3 Å². The van der Waals surface area contributed by atoms with E-state index < -0.39 is 19.8 Å². The predicted molar refractivity (Wildman–Crippen MR) is 41.7 cm³/mol. The molecular formula is C2H8F2LiO8P. The van der Waals surface area contributed by atoms with Crippen LogP contribution in [0.15, 0.2) is 0 Å². The Morgan fingerprint density at radius 2 is 0.929 bits per heavy atom. The first kappa shape index (κ1) is 29.2. The van der Waals surface area contributed by atoms with Crippen LogP contribution in [-0.2, 0) is 14.2 Å². The molecule has 12 heteroatoms. The van der Waals surface area contributed by atoms with Gasteiger partial charge in [0.15, 0.2) is 0 Å². The summed E-state index contributed by atoms with van der Waals surface area (Å²) in [6.07, 6.45) is 0. The predicted octanol–water partition coefficient (Wildman–Crippen LogP) is -2.12. The van der Waals surface area contributed by atoms with Gasteiger partial charge in [-0.15, -0.1) is 0 Å². The normalized spacial score (nSPS) is 7.36. The fourth-order valence-corrected chi connectivity index (χ4v) is 0. The topological polar surface area (TPSA) is 152 Å². The quantitative estimate of drug-likeness (QED) is 0.182. The van der Waals surface area contributed by atoms with Gasteiger partial charge in [0.2, 0.25) is 0 Å². The molecule has 0 amide bonds. The van der Waals surface area contributed by atoms with E-state index in [1.54, 1.807) is 0 Å². The van der Waals surface area contributed by atoms with Crippen molar-refractivity contribution in [2.24, 2.45) is 0 Å². The van der Waals surface area contributed by atoms with Gasteiger partial charge in [-0.1, -0.05) is 0 Å². The molecule has 0 spiro atoms. The van der Waals surface area contributed by atoms with Crippen molar-refractivity contribution in [1.29, 1.82) is 0 Å². The Kier molecular flexibility index (Phi) is 26.1. The minimum absolute atomic E-state index is 0. The fourth-order valence-electron chi connectivity index (χ4n) is 0. The molecule has 0 heterocycles. The van der Waals surface area contributed by atoms with Crippen molar-refractivity contribution in [1.82, 2.24) is 0 Å². The van der Waals surface area contributed by atoms with Crippen LogP contribution in [0.5, 0.6) is 0 Å². The Morgan fingerprint density at radius 3 is 0.929 bits per heavy atom. The van der Waals surface area contributed by atoms with E-state index >= 15 is 0 Å². The first-order valence-corrected chi connectivity index (χ1v) is 3.45. The van der Waals surface area contributed by atoms with Crippen LogP contribution < -0.4 is 0 Å². The molecule has 0 aromatic carbocycles. The summed E-state index contributed by atoms with van der Waals surface area (Å²) < 4.78 is 8.88. The maximum absolute atomic E-state index is 9.10. The van der Waals surface area contributed by atoms with Crippen molar-refractivity contribution in [3.8, 4) is 0 Å². The van der Waals surface area contributed by atoms with Gasteiger partial charge in [0.1, 0.15) is 0 Å². The molecule has 0 bridgehead atoms. The molecule has 0 saturated heterocycles. The van der Waals surface area contributed by atoms with E-state index in [0.29, 0.717) is 0 Å². The second-order valence-corrected chi connectivity index (χ2v) is 2.15. The Hall–Kier alpha value is -0.493. The number of hydrogen-bond acceptors (Lipinski definition) is 3. The van der Waals surface area contributed by atoms with E-state index in [1.165, 1.54) is 0 Å². The van der Waals surface area contributed by atoms with Gasteiger partial charge < -0.3 is 24.9 Å². The first-order chi connectivity index (χ1) is 4.64. The number of carboxylic acid groups (broad SMARTS) is 2. The molecule has 0 atom stereocenters. The van der Waals surface area contributed by atoms with Gasteiger partial charge in [-0.25, -0.2) is 14.2 Å². The summed E-state index contributed by atoms with van der Waals surface area (Å²) in [5.41, 5.74) is 0. The van der Waals surface area contributed by atoms with E-state index in [0.717, 1.165) is 0 Å². The Morgan fingerprint density at radius 1 is 0.857 bits per heavy atom.